The van der Waals surface area contributed by atoms with E-state index in [2.05, 4.69) is 31.9 Å². The Morgan fingerprint density at radius 2 is 1.00 bits per heavy atom. The second-order valence-electron chi connectivity index (χ2n) is 7.66. The van der Waals surface area contributed by atoms with Gasteiger partial charge >= 0.3 is 11.9 Å². The largest absolute Gasteiger partial charge is 0.465 e. The minimum atomic E-state index is -0.546. The topological polar surface area (TPSA) is 52.6 Å². The van der Waals surface area contributed by atoms with Crippen molar-refractivity contribution in [1.82, 2.24) is 0 Å². The first-order valence-electron chi connectivity index (χ1n) is 10.4. The zero-order chi connectivity index (χ0) is 22.8. The maximum absolute atomic E-state index is 13.2. The maximum Gasteiger partial charge on any atom is 0.339 e. The molecule has 1 aliphatic rings. The molecule has 0 fully saturated rings. The average Bonchev–Trinajstić information content (AvgIpc) is 2.83. The van der Waals surface area contributed by atoms with Crippen LogP contribution in [0.3, 0.4) is 0 Å². The van der Waals surface area contributed by atoms with Gasteiger partial charge in [0.2, 0.25) is 0 Å². The molecule has 0 atom stereocenters. The minimum Gasteiger partial charge on any atom is -0.465 e. The van der Waals surface area contributed by atoms with E-state index < -0.39 is 11.9 Å². The number of rotatable bonds is 4. The fourth-order valence-electron chi connectivity index (χ4n) is 4.49. The molecule has 4 nitrogen and oxygen atoms in total. The van der Waals surface area contributed by atoms with Gasteiger partial charge in [0.05, 0.1) is 25.3 Å². The lowest BCUT2D eigenvalue weighted by atomic mass is 9.76. The zero-order valence-electron chi connectivity index (χ0n) is 17.8. The third-order valence-corrected chi connectivity index (χ3v) is 6.92. The number of halogens is 2. The summed E-state index contributed by atoms with van der Waals surface area (Å²) in [5.41, 5.74) is 6.01. The van der Waals surface area contributed by atoms with Crippen LogP contribution in [0.1, 0.15) is 44.7 Å². The van der Waals surface area contributed by atoms with Crippen LogP contribution in [0, 0.1) is 0 Å². The van der Waals surface area contributed by atoms with Gasteiger partial charge in [-0.15, -0.1) is 0 Å². The fourth-order valence-corrected chi connectivity index (χ4v) is 5.02. The van der Waals surface area contributed by atoms with Gasteiger partial charge < -0.3 is 9.47 Å². The highest BCUT2D eigenvalue weighted by Crippen LogP contribution is 2.44. The number of hydrogen-bond acceptors (Lipinski definition) is 4. The van der Waals surface area contributed by atoms with Gasteiger partial charge in [-0.05, 0) is 72.2 Å². The van der Waals surface area contributed by atoms with Crippen LogP contribution < -0.4 is 0 Å². The first kappa shape index (κ1) is 22.7. The van der Waals surface area contributed by atoms with Crippen molar-refractivity contribution in [3.63, 3.8) is 0 Å². The van der Waals surface area contributed by atoms with Crippen LogP contribution in [0.25, 0.3) is 22.3 Å². The molecule has 0 saturated heterocycles. The number of fused-ring (bicyclic) bond motifs is 1. The number of benzene rings is 3. The van der Waals surface area contributed by atoms with Gasteiger partial charge in [0.15, 0.2) is 0 Å². The molecule has 0 amide bonds. The van der Waals surface area contributed by atoms with Gasteiger partial charge in [-0.1, -0.05) is 56.1 Å². The number of carbonyl (C=O) groups is 2. The number of carbonyl (C=O) groups excluding carboxylic acids is 2. The highest BCUT2D eigenvalue weighted by atomic mass is 79.9. The highest BCUT2D eigenvalue weighted by molar-refractivity contribution is 9.10. The molecule has 0 aliphatic heterocycles. The minimum absolute atomic E-state index is 0.264. The standard InChI is InChI=1S/C26H22Br2O4/c1-31-25(29)23-21(15-7-11-17(27)12-8-15)19-5-3-4-6-20(19)22(24(23)26(30)32-2)16-9-13-18(28)14-10-16/h7-14H,3-6H2,1-2H3. The first-order chi connectivity index (χ1) is 15.5. The van der Waals surface area contributed by atoms with Crippen molar-refractivity contribution >= 4 is 43.8 Å². The van der Waals surface area contributed by atoms with Gasteiger partial charge in [0.25, 0.3) is 0 Å². The summed E-state index contributed by atoms with van der Waals surface area (Å²) in [6.07, 6.45) is 3.70. The molecular weight excluding hydrogens is 536 g/mol. The summed E-state index contributed by atoms with van der Waals surface area (Å²) in [5, 5.41) is 0. The van der Waals surface area contributed by atoms with Crippen molar-refractivity contribution in [3.8, 4) is 22.3 Å². The fraction of sp³-hybridized carbons (Fsp3) is 0.231. The summed E-state index contributed by atoms with van der Waals surface area (Å²) >= 11 is 6.96. The molecule has 0 unspecified atom stereocenters. The quantitative estimate of drug-likeness (QED) is 0.324. The summed E-state index contributed by atoms with van der Waals surface area (Å²) in [5.74, 6) is -1.09. The van der Waals surface area contributed by atoms with E-state index in [0.717, 1.165) is 68.0 Å². The lowest BCUT2D eigenvalue weighted by molar-refractivity contribution is 0.0556. The van der Waals surface area contributed by atoms with Crippen molar-refractivity contribution < 1.29 is 19.1 Å². The van der Waals surface area contributed by atoms with Crippen LogP contribution in [-0.2, 0) is 22.3 Å². The Balaban J connectivity index is 2.18. The molecule has 164 valence electrons. The molecule has 0 saturated carbocycles. The summed E-state index contributed by atoms with van der Waals surface area (Å²) in [6, 6.07) is 15.6. The molecule has 4 rings (SSSR count). The van der Waals surface area contributed by atoms with Crippen molar-refractivity contribution in [1.29, 1.82) is 0 Å². The molecule has 3 aromatic carbocycles. The lowest BCUT2D eigenvalue weighted by Crippen LogP contribution is -2.20. The molecule has 6 heteroatoms. The predicted molar refractivity (Wildman–Crippen MR) is 132 cm³/mol. The molecule has 3 aromatic rings. The van der Waals surface area contributed by atoms with E-state index in [-0.39, 0.29) is 11.1 Å². The van der Waals surface area contributed by atoms with E-state index in [1.165, 1.54) is 14.2 Å². The van der Waals surface area contributed by atoms with Crippen LogP contribution in [-0.4, -0.2) is 26.2 Å². The molecule has 0 heterocycles. The smallest absolute Gasteiger partial charge is 0.339 e. The Hall–Kier alpha value is -2.44. The Kier molecular flexibility index (Phi) is 6.82. The van der Waals surface area contributed by atoms with Crippen LogP contribution in [0.15, 0.2) is 57.5 Å². The van der Waals surface area contributed by atoms with Gasteiger partial charge in [0.1, 0.15) is 0 Å². The van der Waals surface area contributed by atoms with Crippen LogP contribution in [0.5, 0.6) is 0 Å². The van der Waals surface area contributed by atoms with E-state index in [1.807, 2.05) is 48.5 Å². The molecule has 32 heavy (non-hydrogen) atoms. The van der Waals surface area contributed by atoms with E-state index in [9.17, 15) is 9.59 Å². The van der Waals surface area contributed by atoms with Gasteiger partial charge in [-0.2, -0.15) is 0 Å². The number of hydrogen-bond donors (Lipinski definition) is 0. The van der Waals surface area contributed by atoms with Gasteiger partial charge in [0, 0.05) is 20.1 Å². The third kappa shape index (κ3) is 4.14. The van der Waals surface area contributed by atoms with Gasteiger partial charge in [-0.25, -0.2) is 9.59 Å². The molecule has 0 bridgehead atoms. The van der Waals surface area contributed by atoms with Crippen molar-refractivity contribution in [2.45, 2.75) is 25.7 Å². The van der Waals surface area contributed by atoms with Gasteiger partial charge in [-0.3, -0.25) is 0 Å². The van der Waals surface area contributed by atoms with Crippen molar-refractivity contribution in [3.05, 3.63) is 79.7 Å². The lowest BCUT2D eigenvalue weighted by Gasteiger charge is -2.28. The Morgan fingerprint density at radius 3 is 1.31 bits per heavy atom. The summed E-state index contributed by atoms with van der Waals surface area (Å²) in [6.45, 7) is 0. The van der Waals surface area contributed by atoms with E-state index in [4.69, 9.17) is 9.47 Å². The summed E-state index contributed by atoms with van der Waals surface area (Å²) in [4.78, 5) is 26.4. The number of methoxy groups -OCH3 is 2. The Morgan fingerprint density at radius 1 is 0.656 bits per heavy atom. The number of ether oxygens (including phenoxy) is 2. The average molecular weight is 558 g/mol. The summed E-state index contributed by atoms with van der Waals surface area (Å²) < 4.78 is 12.3. The molecular formula is C26H22Br2O4. The van der Waals surface area contributed by atoms with E-state index >= 15 is 0 Å². The molecule has 0 N–H and O–H groups in total. The van der Waals surface area contributed by atoms with E-state index in [1.54, 1.807) is 0 Å². The molecule has 0 radical (unpaired) electrons. The van der Waals surface area contributed by atoms with Crippen LogP contribution in [0.2, 0.25) is 0 Å². The Labute approximate surface area is 204 Å². The van der Waals surface area contributed by atoms with Crippen LogP contribution in [0.4, 0.5) is 0 Å². The monoisotopic (exact) mass is 556 g/mol. The predicted octanol–water partition coefficient (Wildman–Crippen LogP) is 7.00. The summed E-state index contributed by atoms with van der Waals surface area (Å²) in [7, 11) is 2.68. The second-order valence-corrected chi connectivity index (χ2v) is 9.49. The number of esters is 2. The van der Waals surface area contributed by atoms with E-state index in [0.29, 0.717) is 0 Å². The van der Waals surface area contributed by atoms with Crippen molar-refractivity contribution in [2.75, 3.05) is 14.2 Å². The molecule has 0 spiro atoms. The first-order valence-corrected chi connectivity index (χ1v) is 11.9. The normalized spacial score (nSPS) is 12.8. The highest BCUT2D eigenvalue weighted by Gasteiger charge is 2.33. The van der Waals surface area contributed by atoms with Crippen LogP contribution >= 0.6 is 31.9 Å². The third-order valence-electron chi connectivity index (χ3n) is 5.87. The second kappa shape index (κ2) is 9.59. The SMILES string of the molecule is COC(=O)c1c(C(=O)OC)c(-c2ccc(Br)cc2)c2c(c1-c1ccc(Br)cc1)CCCC2. The maximum atomic E-state index is 13.2. The van der Waals surface area contributed by atoms with Crippen molar-refractivity contribution in [2.24, 2.45) is 0 Å². The Bertz CT molecular complexity index is 1090. The molecule has 0 aromatic heterocycles. The molecule has 1 aliphatic carbocycles. The zero-order valence-corrected chi connectivity index (χ0v) is 21.0.